The van der Waals surface area contributed by atoms with E-state index in [9.17, 15) is 0 Å². The van der Waals surface area contributed by atoms with Gasteiger partial charge < -0.3 is 14.8 Å². The van der Waals surface area contributed by atoms with Gasteiger partial charge in [-0.25, -0.2) is 0 Å². The minimum atomic E-state index is 0.262. The molecule has 0 saturated carbocycles. The van der Waals surface area contributed by atoms with Gasteiger partial charge in [-0.2, -0.15) is 0 Å². The Morgan fingerprint density at radius 1 is 1.33 bits per heavy atom. The summed E-state index contributed by atoms with van der Waals surface area (Å²) < 4.78 is 11.0. The first-order valence-corrected chi connectivity index (χ1v) is 5.31. The van der Waals surface area contributed by atoms with Crippen LogP contribution in [0, 0.1) is 5.92 Å². The molecule has 1 N–H and O–H groups in total. The van der Waals surface area contributed by atoms with Crippen LogP contribution in [0.2, 0.25) is 0 Å². The summed E-state index contributed by atoms with van der Waals surface area (Å²) in [5, 5.41) is 3.25. The van der Waals surface area contributed by atoms with Crippen LogP contribution >= 0.6 is 0 Å². The van der Waals surface area contributed by atoms with Crippen molar-refractivity contribution in [3.05, 3.63) is 24.3 Å². The van der Waals surface area contributed by atoms with E-state index in [0.717, 1.165) is 24.6 Å². The molecule has 1 aromatic carbocycles. The summed E-state index contributed by atoms with van der Waals surface area (Å²) >= 11 is 0. The van der Waals surface area contributed by atoms with Gasteiger partial charge >= 0.3 is 0 Å². The Morgan fingerprint density at radius 2 is 2.07 bits per heavy atom. The lowest BCUT2D eigenvalue weighted by Gasteiger charge is -2.32. The lowest BCUT2D eigenvalue weighted by Crippen LogP contribution is -2.49. The largest absolute Gasteiger partial charge is 0.497 e. The Kier molecular flexibility index (Phi) is 3.11. The van der Waals surface area contributed by atoms with Gasteiger partial charge in [-0.15, -0.1) is 0 Å². The Bertz CT molecular complexity index is 323. The molecule has 82 valence electrons. The number of hydrogen-bond donors (Lipinski definition) is 1. The van der Waals surface area contributed by atoms with E-state index in [2.05, 4.69) is 12.2 Å². The van der Waals surface area contributed by atoms with Crippen molar-refractivity contribution in [2.75, 3.05) is 20.2 Å². The van der Waals surface area contributed by atoms with E-state index >= 15 is 0 Å². The molecule has 0 amide bonds. The zero-order valence-corrected chi connectivity index (χ0v) is 9.19. The van der Waals surface area contributed by atoms with Crippen LogP contribution < -0.4 is 14.8 Å². The molecular weight excluding hydrogens is 190 g/mol. The zero-order chi connectivity index (χ0) is 10.7. The van der Waals surface area contributed by atoms with Crippen LogP contribution in [0.3, 0.4) is 0 Å². The van der Waals surface area contributed by atoms with Crippen LogP contribution in [0.4, 0.5) is 0 Å². The first-order chi connectivity index (χ1) is 7.29. The van der Waals surface area contributed by atoms with Gasteiger partial charge in [0, 0.05) is 25.1 Å². The van der Waals surface area contributed by atoms with E-state index in [0.29, 0.717) is 5.92 Å². The molecule has 3 heteroatoms. The van der Waals surface area contributed by atoms with Crippen LogP contribution in [-0.2, 0) is 0 Å². The highest BCUT2D eigenvalue weighted by Gasteiger charge is 2.24. The van der Waals surface area contributed by atoms with Gasteiger partial charge in [0.2, 0.25) is 0 Å². The van der Waals surface area contributed by atoms with Gasteiger partial charge in [-0.1, -0.05) is 6.07 Å². The number of benzene rings is 1. The van der Waals surface area contributed by atoms with Crippen LogP contribution in [0.15, 0.2) is 24.3 Å². The molecule has 0 spiro atoms. The van der Waals surface area contributed by atoms with E-state index in [4.69, 9.17) is 9.47 Å². The fourth-order valence-electron chi connectivity index (χ4n) is 1.63. The molecule has 0 radical (unpaired) electrons. The zero-order valence-electron chi connectivity index (χ0n) is 9.19. The van der Waals surface area contributed by atoms with E-state index in [-0.39, 0.29) is 6.10 Å². The van der Waals surface area contributed by atoms with Crippen molar-refractivity contribution in [3.63, 3.8) is 0 Å². The smallest absolute Gasteiger partial charge is 0.123 e. The molecule has 3 nitrogen and oxygen atoms in total. The molecule has 1 aliphatic rings. The molecule has 1 fully saturated rings. The second kappa shape index (κ2) is 4.53. The standard InChI is InChI=1S/C12H17NO2/c1-9(10-7-13-8-10)15-12-5-3-4-11(6-12)14-2/h3-6,9-10,13H,7-8H2,1-2H3. The van der Waals surface area contributed by atoms with Crippen LogP contribution in [0.1, 0.15) is 6.92 Å². The lowest BCUT2D eigenvalue weighted by atomic mass is 9.98. The van der Waals surface area contributed by atoms with Crippen LogP contribution in [0.5, 0.6) is 11.5 Å². The monoisotopic (exact) mass is 207 g/mol. The second-order valence-electron chi connectivity index (χ2n) is 3.92. The number of rotatable bonds is 4. The number of methoxy groups -OCH3 is 1. The third-order valence-corrected chi connectivity index (χ3v) is 2.84. The fraction of sp³-hybridized carbons (Fsp3) is 0.500. The highest BCUT2D eigenvalue weighted by molar-refractivity contribution is 5.33. The predicted octanol–water partition coefficient (Wildman–Crippen LogP) is 1.68. The highest BCUT2D eigenvalue weighted by Crippen LogP contribution is 2.22. The Morgan fingerprint density at radius 3 is 2.67 bits per heavy atom. The predicted molar refractivity (Wildman–Crippen MR) is 59.4 cm³/mol. The maximum absolute atomic E-state index is 5.84. The molecule has 1 saturated heterocycles. The van der Waals surface area contributed by atoms with Crippen molar-refractivity contribution in [2.45, 2.75) is 13.0 Å². The van der Waals surface area contributed by atoms with Gasteiger partial charge in [-0.05, 0) is 19.1 Å². The van der Waals surface area contributed by atoms with E-state index in [1.807, 2.05) is 24.3 Å². The maximum atomic E-state index is 5.84. The number of ether oxygens (including phenoxy) is 2. The van der Waals surface area contributed by atoms with Gasteiger partial charge in [0.05, 0.1) is 7.11 Å². The highest BCUT2D eigenvalue weighted by atomic mass is 16.5. The minimum Gasteiger partial charge on any atom is -0.497 e. The summed E-state index contributed by atoms with van der Waals surface area (Å²) in [7, 11) is 1.67. The molecule has 15 heavy (non-hydrogen) atoms. The van der Waals surface area contributed by atoms with Gasteiger partial charge in [0.1, 0.15) is 17.6 Å². The average molecular weight is 207 g/mol. The SMILES string of the molecule is COc1cccc(OC(C)C2CNC2)c1. The van der Waals surface area contributed by atoms with E-state index in [1.165, 1.54) is 0 Å². The molecule has 0 bridgehead atoms. The average Bonchev–Trinajstić information content (AvgIpc) is 2.15. The third-order valence-electron chi connectivity index (χ3n) is 2.84. The molecule has 1 aliphatic heterocycles. The van der Waals surface area contributed by atoms with Crippen molar-refractivity contribution in [3.8, 4) is 11.5 Å². The maximum Gasteiger partial charge on any atom is 0.123 e. The summed E-state index contributed by atoms with van der Waals surface area (Å²) in [6.45, 7) is 4.24. The molecule has 1 atom stereocenters. The van der Waals surface area contributed by atoms with Crippen molar-refractivity contribution < 1.29 is 9.47 Å². The second-order valence-corrected chi connectivity index (χ2v) is 3.92. The quantitative estimate of drug-likeness (QED) is 0.815. The molecule has 1 heterocycles. The summed E-state index contributed by atoms with van der Waals surface area (Å²) in [5.41, 5.74) is 0. The van der Waals surface area contributed by atoms with Crippen LogP contribution in [-0.4, -0.2) is 26.3 Å². The summed E-state index contributed by atoms with van der Waals surface area (Å²) in [5.74, 6) is 2.36. The third kappa shape index (κ3) is 2.42. The molecular formula is C12H17NO2. The molecule has 0 aliphatic carbocycles. The lowest BCUT2D eigenvalue weighted by molar-refractivity contribution is 0.114. The molecule has 1 unspecified atom stereocenters. The van der Waals surface area contributed by atoms with Gasteiger partial charge in [-0.3, -0.25) is 0 Å². The first kappa shape index (κ1) is 10.3. The topological polar surface area (TPSA) is 30.5 Å². The normalized spacial score (nSPS) is 18.0. The summed E-state index contributed by atoms with van der Waals surface area (Å²) in [4.78, 5) is 0. The van der Waals surface area contributed by atoms with Crippen molar-refractivity contribution in [1.29, 1.82) is 0 Å². The van der Waals surface area contributed by atoms with Crippen LogP contribution in [0.25, 0.3) is 0 Å². The summed E-state index contributed by atoms with van der Waals surface area (Å²) in [6.07, 6.45) is 0.262. The summed E-state index contributed by atoms with van der Waals surface area (Å²) in [6, 6.07) is 7.75. The number of nitrogens with one attached hydrogen (secondary N) is 1. The van der Waals surface area contributed by atoms with Crippen molar-refractivity contribution >= 4 is 0 Å². The Balaban J connectivity index is 1.96. The van der Waals surface area contributed by atoms with Crippen molar-refractivity contribution in [1.82, 2.24) is 5.32 Å². The Hall–Kier alpha value is -1.22. The Labute approximate surface area is 90.4 Å². The van der Waals surface area contributed by atoms with E-state index in [1.54, 1.807) is 7.11 Å². The van der Waals surface area contributed by atoms with Crippen molar-refractivity contribution in [2.24, 2.45) is 5.92 Å². The van der Waals surface area contributed by atoms with Gasteiger partial charge in [0.15, 0.2) is 0 Å². The first-order valence-electron chi connectivity index (χ1n) is 5.31. The molecule has 0 aromatic heterocycles. The number of hydrogen-bond acceptors (Lipinski definition) is 3. The minimum absolute atomic E-state index is 0.262. The molecule has 2 rings (SSSR count). The van der Waals surface area contributed by atoms with Gasteiger partial charge in [0.25, 0.3) is 0 Å². The van der Waals surface area contributed by atoms with E-state index < -0.39 is 0 Å². The molecule has 1 aromatic rings. The fourth-order valence-corrected chi connectivity index (χ4v) is 1.63.